The second-order valence-corrected chi connectivity index (χ2v) is 15.0. The SMILES string of the molecule is CC(c1nc(C23CCC(CN(C(=O)C45CC(F)(C4)C5)c4cccc(-c5nnc(C6CC6)o5)c4)(CC2)CC3)no1)C1CC1. The van der Waals surface area contributed by atoms with Crippen LogP contribution in [0.1, 0.15) is 120 Å². The quantitative estimate of drug-likeness (QED) is 0.272. The molecule has 1 amide bonds. The highest BCUT2D eigenvalue weighted by molar-refractivity contribution is 6.00. The van der Waals surface area contributed by atoms with Gasteiger partial charge in [0, 0.05) is 35.0 Å². The number of halogens is 1. The fourth-order valence-electron chi connectivity index (χ4n) is 8.72. The smallest absolute Gasteiger partial charge is 0.247 e. The summed E-state index contributed by atoms with van der Waals surface area (Å²) in [6, 6.07) is 7.94. The van der Waals surface area contributed by atoms with E-state index in [4.69, 9.17) is 13.9 Å². The molecule has 11 rings (SSSR count). The van der Waals surface area contributed by atoms with Crippen molar-refractivity contribution in [3.63, 3.8) is 0 Å². The summed E-state index contributed by atoms with van der Waals surface area (Å²) >= 11 is 0. The van der Waals surface area contributed by atoms with Crippen LogP contribution in [-0.4, -0.2) is 38.5 Å². The Kier molecular flexibility index (Phi) is 5.14. The van der Waals surface area contributed by atoms with Crippen LogP contribution in [0.25, 0.3) is 11.5 Å². The Morgan fingerprint density at radius 3 is 2.45 bits per heavy atom. The standard InChI is InChI=1S/C33H38FN5O3/c1-20(21-5-6-21)25-35-28(38-42-25)31-12-9-30(10-13-31,11-14-31)19-39(29(40)32-16-33(34,17-32)18-32)24-4-2-3-23(15-24)27-37-36-26(41-27)22-7-8-22/h2-4,15,20-22H,5-14,16-19H2,1H3. The lowest BCUT2D eigenvalue weighted by Crippen LogP contribution is -2.71. The molecule has 3 aromatic rings. The highest BCUT2D eigenvalue weighted by Gasteiger charge is 2.73. The van der Waals surface area contributed by atoms with Crippen molar-refractivity contribution in [3.05, 3.63) is 41.9 Å². The lowest BCUT2D eigenvalue weighted by atomic mass is 9.41. The van der Waals surface area contributed by atoms with Gasteiger partial charge in [-0.25, -0.2) is 4.39 Å². The van der Waals surface area contributed by atoms with Crippen molar-refractivity contribution in [1.82, 2.24) is 20.3 Å². The van der Waals surface area contributed by atoms with Gasteiger partial charge in [0.25, 0.3) is 0 Å². The van der Waals surface area contributed by atoms with E-state index in [0.29, 0.717) is 55.3 Å². The van der Waals surface area contributed by atoms with Crippen molar-refractivity contribution in [3.8, 4) is 11.5 Å². The van der Waals surface area contributed by atoms with Crippen molar-refractivity contribution in [2.75, 3.05) is 11.4 Å². The molecule has 0 N–H and O–H groups in total. The predicted molar refractivity (Wildman–Crippen MR) is 151 cm³/mol. The van der Waals surface area contributed by atoms with E-state index in [-0.39, 0.29) is 16.7 Å². The van der Waals surface area contributed by atoms with Crippen LogP contribution in [0.3, 0.4) is 0 Å². The highest BCUT2D eigenvalue weighted by atomic mass is 19.1. The molecular formula is C33H38FN5O3. The largest absolute Gasteiger partial charge is 0.420 e. The van der Waals surface area contributed by atoms with Crippen LogP contribution in [-0.2, 0) is 10.2 Å². The molecule has 4 bridgehead atoms. The van der Waals surface area contributed by atoms with Crippen LogP contribution >= 0.6 is 0 Å². The van der Waals surface area contributed by atoms with Crippen LogP contribution in [0.4, 0.5) is 10.1 Å². The van der Waals surface area contributed by atoms with E-state index >= 15 is 0 Å². The molecular weight excluding hydrogens is 533 g/mol. The highest BCUT2D eigenvalue weighted by Crippen LogP contribution is 2.70. The maximum Gasteiger partial charge on any atom is 0.247 e. The van der Waals surface area contributed by atoms with Gasteiger partial charge in [-0.2, -0.15) is 4.98 Å². The van der Waals surface area contributed by atoms with Gasteiger partial charge in [-0.3, -0.25) is 4.79 Å². The van der Waals surface area contributed by atoms with Crippen molar-refractivity contribution in [2.24, 2.45) is 16.7 Å². The van der Waals surface area contributed by atoms with Crippen LogP contribution in [0.2, 0.25) is 0 Å². The van der Waals surface area contributed by atoms with Crippen molar-refractivity contribution in [1.29, 1.82) is 0 Å². The molecule has 2 heterocycles. The van der Waals surface area contributed by atoms with E-state index in [0.717, 1.165) is 74.3 Å². The van der Waals surface area contributed by atoms with Gasteiger partial charge >= 0.3 is 0 Å². The fraction of sp³-hybridized carbons (Fsp3) is 0.667. The monoisotopic (exact) mass is 571 g/mol. The lowest BCUT2D eigenvalue weighted by molar-refractivity contribution is -0.211. The first-order valence-electron chi connectivity index (χ1n) is 16.1. The normalized spacial score (nSPS) is 35.4. The number of benzene rings is 1. The molecule has 1 aromatic carbocycles. The average Bonchev–Trinajstić information content (AvgIpc) is 3.92. The number of hydrogen-bond donors (Lipinski definition) is 0. The number of anilines is 1. The maximum absolute atomic E-state index is 14.6. The van der Waals surface area contributed by atoms with Gasteiger partial charge in [0.05, 0.1) is 5.41 Å². The molecule has 0 spiro atoms. The summed E-state index contributed by atoms with van der Waals surface area (Å²) in [5.74, 6) is 4.39. The van der Waals surface area contributed by atoms with Gasteiger partial charge in [0.15, 0.2) is 5.82 Å². The number of hydrogen-bond acceptors (Lipinski definition) is 7. The number of amides is 1. The molecule has 2 aromatic heterocycles. The van der Waals surface area contributed by atoms with Crippen LogP contribution < -0.4 is 4.90 Å². The van der Waals surface area contributed by atoms with E-state index < -0.39 is 11.1 Å². The Balaban J connectivity index is 0.979. The van der Waals surface area contributed by atoms with Crippen molar-refractivity contribution in [2.45, 2.75) is 113 Å². The molecule has 220 valence electrons. The summed E-state index contributed by atoms with van der Waals surface area (Å²) in [4.78, 5) is 21.1. The molecule has 9 heteroatoms. The zero-order chi connectivity index (χ0) is 28.3. The van der Waals surface area contributed by atoms with Gasteiger partial charge in [0.2, 0.25) is 23.6 Å². The van der Waals surface area contributed by atoms with Crippen molar-refractivity contribution >= 4 is 11.6 Å². The zero-order valence-electron chi connectivity index (χ0n) is 24.3. The van der Waals surface area contributed by atoms with Crippen molar-refractivity contribution < 1.29 is 18.1 Å². The lowest BCUT2D eigenvalue weighted by Gasteiger charge is -2.65. The summed E-state index contributed by atoms with van der Waals surface area (Å²) in [5, 5.41) is 13.1. The molecule has 0 saturated heterocycles. The molecule has 8 aliphatic rings. The van der Waals surface area contributed by atoms with Gasteiger partial charge in [-0.15, -0.1) is 10.2 Å². The molecule has 1 unspecified atom stereocenters. The number of carbonyl (C=O) groups excluding carboxylic acids is 1. The minimum absolute atomic E-state index is 0.0206. The summed E-state index contributed by atoms with van der Waals surface area (Å²) in [6.45, 7) is 2.86. The van der Waals surface area contributed by atoms with E-state index in [1.165, 1.54) is 12.8 Å². The Morgan fingerprint density at radius 1 is 1.05 bits per heavy atom. The first-order valence-corrected chi connectivity index (χ1v) is 16.1. The molecule has 8 nitrogen and oxygen atoms in total. The molecule has 8 aliphatic carbocycles. The van der Waals surface area contributed by atoms with Gasteiger partial charge in [-0.1, -0.05) is 18.1 Å². The van der Waals surface area contributed by atoms with Crippen LogP contribution in [0, 0.1) is 16.7 Å². The zero-order valence-corrected chi connectivity index (χ0v) is 24.3. The third kappa shape index (κ3) is 3.87. The molecule has 0 aliphatic heterocycles. The number of rotatable bonds is 9. The topological polar surface area (TPSA) is 98.2 Å². The maximum atomic E-state index is 14.6. The molecule has 42 heavy (non-hydrogen) atoms. The van der Waals surface area contributed by atoms with E-state index in [1.54, 1.807) is 0 Å². The average molecular weight is 572 g/mol. The van der Waals surface area contributed by atoms with Gasteiger partial charge in [0.1, 0.15) is 5.67 Å². The van der Waals surface area contributed by atoms with Gasteiger partial charge in [-0.05, 0) is 113 Å². The first kappa shape index (κ1) is 25.4. The third-order valence-electron chi connectivity index (χ3n) is 12.0. The number of fused-ring (bicyclic) bond motifs is 3. The second-order valence-electron chi connectivity index (χ2n) is 15.0. The first-order chi connectivity index (χ1) is 20.3. The third-order valence-corrected chi connectivity index (χ3v) is 12.0. The summed E-state index contributed by atoms with van der Waals surface area (Å²) in [7, 11) is 0. The van der Waals surface area contributed by atoms with Crippen LogP contribution in [0.5, 0.6) is 0 Å². The minimum Gasteiger partial charge on any atom is -0.420 e. The van der Waals surface area contributed by atoms with E-state index in [9.17, 15) is 9.18 Å². The predicted octanol–water partition coefficient (Wildman–Crippen LogP) is 7.03. The fourth-order valence-corrected chi connectivity index (χ4v) is 8.72. The number of alkyl halides is 1. The molecule has 8 fully saturated rings. The minimum atomic E-state index is -1.12. The van der Waals surface area contributed by atoms with Gasteiger partial charge < -0.3 is 13.8 Å². The Bertz CT molecular complexity index is 1530. The Morgan fingerprint density at radius 2 is 1.79 bits per heavy atom. The summed E-state index contributed by atoms with van der Waals surface area (Å²) in [6.07, 6.45) is 11.9. The Hall–Kier alpha value is -3.10. The number of nitrogens with zero attached hydrogens (tertiary/aromatic N) is 5. The number of carbonyl (C=O) groups is 1. The summed E-state index contributed by atoms with van der Waals surface area (Å²) in [5.41, 5.74) is 0.00321. The Labute approximate surface area is 244 Å². The molecule has 8 saturated carbocycles. The number of aromatic nitrogens is 4. The van der Waals surface area contributed by atoms with E-state index in [1.807, 2.05) is 29.2 Å². The second kappa shape index (κ2) is 8.50. The van der Waals surface area contributed by atoms with Crippen LogP contribution in [0.15, 0.2) is 33.2 Å². The molecule has 1 atom stereocenters. The summed E-state index contributed by atoms with van der Waals surface area (Å²) < 4.78 is 26.4. The van der Waals surface area contributed by atoms with E-state index in [2.05, 4.69) is 22.3 Å². The molecule has 0 radical (unpaired) electrons.